The fourth-order valence-electron chi connectivity index (χ4n) is 3.05. The molecule has 1 aliphatic heterocycles. The van der Waals surface area contributed by atoms with E-state index in [1.54, 1.807) is 9.42 Å². The number of nitrogens with zero attached hydrogens (tertiary/aromatic N) is 6. The van der Waals surface area contributed by atoms with Gasteiger partial charge in [0, 0.05) is 26.2 Å². The van der Waals surface area contributed by atoms with Crippen LogP contribution < -0.4 is 4.90 Å². The molecule has 2 aromatic heterocycles. The van der Waals surface area contributed by atoms with Crippen molar-refractivity contribution in [2.75, 3.05) is 31.1 Å². The smallest absolute Gasteiger partial charge is 0.258 e. The van der Waals surface area contributed by atoms with E-state index < -0.39 is 5.82 Å². The Hall–Kier alpha value is -2.74. The van der Waals surface area contributed by atoms with Crippen molar-refractivity contribution in [1.29, 1.82) is 0 Å². The van der Waals surface area contributed by atoms with Gasteiger partial charge in [-0.3, -0.25) is 4.79 Å². The van der Waals surface area contributed by atoms with Gasteiger partial charge in [-0.15, -0.1) is 15.3 Å². The molecule has 1 aliphatic rings. The van der Waals surface area contributed by atoms with Crippen LogP contribution in [0.15, 0.2) is 30.3 Å². The predicted molar refractivity (Wildman–Crippen MR) is 95.0 cm³/mol. The number of fused-ring (bicyclic) bond motifs is 1. The molecule has 0 radical (unpaired) electrons. The molecule has 0 unspecified atom stereocenters. The molecule has 0 N–H and O–H groups in total. The molecule has 0 atom stereocenters. The first kappa shape index (κ1) is 16.7. The number of piperazine rings is 1. The average molecular weight is 375 g/mol. The number of rotatable bonds is 2. The molecule has 1 fully saturated rings. The van der Waals surface area contributed by atoms with Gasteiger partial charge >= 0.3 is 0 Å². The lowest BCUT2D eigenvalue weighted by Gasteiger charge is -2.35. The molecule has 1 saturated heterocycles. The second kappa shape index (κ2) is 6.53. The van der Waals surface area contributed by atoms with Crippen molar-refractivity contribution in [3.8, 4) is 0 Å². The maximum absolute atomic E-state index is 14.0. The van der Waals surface area contributed by atoms with Crippen molar-refractivity contribution in [2.24, 2.45) is 0 Å². The maximum atomic E-state index is 14.0. The predicted octanol–water partition coefficient (Wildman–Crippen LogP) is 2.19. The van der Waals surface area contributed by atoms with E-state index in [0.717, 1.165) is 5.82 Å². The summed E-state index contributed by atoms with van der Waals surface area (Å²) in [5.41, 5.74) is 0.622. The first-order valence-electron chi connectivity index (χ1n) is 8.22. The van der Waals surface area contributed by atoms with Gasteiger partial charge in [0.1, 0.15) is 11.6 Å². The highest BCUT2D eigenvalue weighted by atomic mass is 35.5. The topological polar surface area (TPSA) is 66.6 Å². The minimum atomic E-state index is -0.597. The molecule has 134 valence electrons. The van der Waals surface area contributed by atoms with Gasteiger partial charge in [0.25, 0.3) is 5.91 Å². The highest BCUT2D eigenvalue weighted by Crippen LogP contribution is 2.22. The van der Waals surface area contributed by atoms with Gasteiger partial charge in [0.05, 0.1) is 10.6 Å². The first-order valence-corrected chi connectivity index (χ1v) is 8.59. The van der Waals surface area contributed by atoms with Gasteiger partial charge < -0.3 is 9.80 Å². The average Bonchev–Trinajstić information content (AvgIpc) is 3.02. The van der Waals surface area contributed by atoms with E-state index in [4.69, 9.17) is 11.6 Å². The molecule has 1 amide bonds. The third-order valence-electron chi connectivity index (χ3n) is 4.47. The summed E-state index contributed by atoms with van der Waals surface area (Å²) in [6.45, 7) is 3.95. The lowest BCUT2D eigenvalue weighted by Crippen LogP contribution is -2.49. The first-order chi connectivity index (χ1) is 12.5. The summed E-state index contributed by atoms with van der Waals surface area (Å²) in [5.74, 6) is 0.521. The second-order valence-electron chi connectivity index (χ2n) is 6.08. The Morgan fingerprint density at radius 1 is 1.12 bits per heavy atom. The molecule has 4 rings (SSSR count). The zero-order chi connectivity index (χ0) is 18.3. The number of hydrogen-bond acceptors (Lipinski definition) is 5. The van der Waals surface area contributed by atoms with E-state index in [1.807, 2.05) is 19.1 Å². The fourth-order valence-corrected chi connectivity index (χ4v) is 3.30. The van der Waals surface area contributed by atoms with Crippen molar-refractivity contribution in [2.45, 2.75) is 6.92 Å². The Kier molecular flexibility index (Phi) is 4.20. The van der Waals surface area contributed by atoms with Crippen molar-refractivity contribution >= 4 is 29.0 Å². The van der Waals surface area contributed by atoms with E-state index in [9.17, 15) is 9.18 Å². The summed E-state index contributed by atoms with van der Waals surface area (Å²) in [7, 11) is 0. The molecular weight excluding hydrogens is 359 g/mol. The molecule has 0 aliphatic carbocycles. The van der Waals surface area contributed by atoms with Gasteiger partial charge in [-0.2, -0.15) is 4.52 Å². The molecule has 0 spiro atoms. The Morgan fingerprint density at radius 3 is 2.62 bits per heavy atom. The van der Waals surface area contributed by atoms with E-state index in [1.165, 1.54) is 18.2 Å². The van der Waals surface area contributed by atoms with Gasteiger partial charge in [0.2, 0.25) is 0 Å². The summed E-state index contributed by atoms with van der Waals surface area (Å²) in [6.07, 6.45) is 0. The minimum Gasteiger partial charge on any atom is -0.352 e. The Balaban J connectivity index is 1.49. The standard InChI is InChI=1S/C17H16ClFN6O/c1-11-20-21-14-5-6-15(22-25(11)14)23-7-9-24(10-8-23)17(26)16-12(18)3-2-4-13(16)19/h2-6H,7-10H2,1H3. The number of anilines is 1. The lowest BCUT2D eigenvalue weighted by atomic mass is 10.1. The van der Waals surface area contributed by atoms with Crippen molar-refractivity contribution in [1.82, 2.24) is 24.7 Å². The van der Waals surface area contributed by atoms with Gasteiger partial charge in [0.15, 0.2) is 11.5 Å². The van der Waals surface area contributed by atoms with Crippen molar-refractivity contribution < 1.29 is 9.18 Å². The van der Waals surface area contributed by atoms with Crippen LogP contribution in [0, 0.1) is 12.7 Å². The van der Waals surface area contributed by atoms with Gasteiger partial charge in [-0.05, 0) is 31.2 Å². The molecule has 0 saturated carbocycles. The monoisotopic (exact) mass is 374 g/mol. The lowest BCUT2D eigenvalue weighted by molar-refractivity contribution is 0.0742. The second-order valence-corrected chi connectivity index (χ2v) is 6.49. The highest BCUT2D eigenvalue weighted by molar-refractivity contribution is 6.33. The Morgan fingerprint density at radius 2 is 1.88 bits per heavy atom. The van der Waals surface area contributed by atoms with Crippen molar-refractivity contribution in [3.63, 3.8) is 0 Å². The molecule has 7 nitrogen and oxygen atoms in total. The number of aryl methyl sites for hydroxylation is 1. The van der Waals surface area contributed by atoms with E-state index in [2.05, 4.69) is 20.2 Å². The summed E-state index contributed by atoms with van der Waals surface area (Å²) in [4.78, 5) is 16.3. The minimum absolute atomic E-state index is 0.0673. The molecule has 3 aromatic rings. The van der Waals surface area contributed by atoms with Crippen LogP contribution in [-0.4, -0.2) is 56.8 Å². The molecule has 1 aromatic carbocycles. The zero-order valence-corrected chi connectivity index (χ0v) is 14.8. The van der Waals surface area contributed by atoms with Gasteiger partial charge in [-0.1, -0.05) is 17.7 Å². The fraction of sp³-hybridized carbons (Fsp3) is 0.294. The summed E-state index contributed by atoms with van der Waals surface area (Å²) in [6, 6.07) is 8.00. The maximum Gasteiger partial charge on any atom is 0.258 e. The molecular formula is C17H16ClFN6O. The number of benzene rings is 1. The molecule has 9 heteroatoms. The zero-order valence-electron chi connectivity index (χ0n) is 14.1. The van der Waals surface area contributed by atoms with E-state index in [0.29, 0.717) is 37.7 Å². The summed E-state index contributed by atoms with van der Waals surface area (Å²) >= 11 is 6.01. The number of hydrogen-bond donors (Lipinski definition) is 0. The normalized spacial score (nSPS) is 14.9. The van der Waals surface area contributed by atoms with Crippen LogP contribution in [0.2, 0.25) is 5.02 Å². The van der Waals surface area contributed by atoms with Crippen LogP contribution >= 0.6 is 11.6 Å². The summed E-state index contributed by atoms with van der Waals surface area (Å²) in [5, 5.41) is 12.7. The van der Waals surface area contributed by atoms with Crippen LogP contribution in [0.1, 0.15) is 16.2 Å². The van der Waals surface area contributed by atoms with Crippen molar-refractivity contribution in [3.05, 3.63) is 52.6 Å². The Bertz CT molecular complexity index is 962. The SMILES string of the molecule is Cc1nnc2ccc(N3CCN(C(=O)c4c(F)cccc4Cl)CC3)nn12. The third kappa shape index (κ3) is 2.86. The number of carbonyl (C=O) groups is 1. The van der Waals surface area contributed by atoms with Gasteiger partial charge in [-0.25, -0.2) is 4.39 Å². The molecule has 0 bridgehead atoms. The number of carbonyl (C=O) groups excluding carboxylic acids is 1. The number of aromatic nitrogens is 4. The van der Waals surface area contributed by atoms with E-state index >= 15 is 0 Å². The summed E-state index contributed by atoms with van der Waals surface area (Å²) < 4.78 is 15.7. The van der Waals surface area contributed by atoms with Crippen LogP contribution in [0.3, 0.4) is 0 Å². The quantitative estimate of drug-likeness (QED) is 0.688. The Labute approximate surface area is 154 Å². The molecule has 3 heterocycles. The van der Waals surface area contributed by atoms with Crippen LogP contribution in [0.5, 0.6) is 0 Å². The molecule has 26 heavy (non-hydrogen) atoms. The largest absolute Gasteiger partial charge is 0.352 e. The van der Waals surface area contributed by atoms with Crippen LogP contribution in [-0.2, 0) is 0 Å². The third-order valence-corrected chi connectivity index (χ3v) is 4.79. The van der Waals surface area contributed by atoms with Crippen LogP contribution in [0.25, 0.3) is 5.65 Å². The number of halogens is 2. The van der Waals surface area contributed by atoms with Crippen LogP contribution in [0.4, 0.5) is 10.2 Å². The number of amides is 1. The van der Waals surface area contributed by atoms with E-state index in [-0.39, 0.29) is 16.5 Å². The highest BCUT2D eigenvalue weighted by Gasteiger charge is 2.26.